The maximum atomic E-state index is 11.0. The molecule has 90 valence electrons. The standard InChI is InChI=1S/C11H22NO2.HI/c1-10(2)11(13)14-9-7-6-8-12(3,4)5;/h1,6-9H2,2-5H3;1H/q+1;/p-1. The lowest BCUT2D eigenvalue weighted by Gasteiger charge is -2.23. The predicted molar refractivity (Wildman–Crippen MR) is 57.9 cm³/mol. The van der Waals surface area contributed by atoms with Crippen LogP contribution in [0.2, 0.25) is 0 Å². The first-order valence-electron chi connectivity index (χ1n) is 4.96. The zero-order valence-electron chi connectivity index (χ0n) is 10.2. The summed E-state index contributed by atoms with van der Waals surface area (Å²) in [5, 5.41) is 0. The fraction of sp³-hybridized carbons (Fsp3) is 0.727. The van der Waals surface area contributed by atoms with Crippen molar-refractivity contribution in [2.24, 2.45) is 0 Å². The van der Waals surface area contributed by atoms with Crippen molar-refractivity contribution in [3.05, 3.63) is 12.2 Å². The van der Waals surface area contributed by atoms with Gasteiger partial charge in [-0.15, -0.1) is 0 Å². The fourth-order valence-electron chi connectivity index (χ4n) is 0.976. The molecule has 0 atom stereocenters. The van der Waals surface area contributed by atoms with E-state index in [1.54, 1.807) is 6.92 Å². The summed E-state index contributed by atoms with van der Waals surface area (Å²) in [4.78, 5) is 11.0. The van der Waals surface area contributed by atoms with E-state index in [1.165, 1.54) is 0 Å². The molecule has 0 bridgehead atoms. The highest BCUT2D eigenvalue weighted by Crippen LogP contribution is 1.99. The Morgan fingerprint density at radius 2 is 1.80 bits per heavy atom. The highest BCUT2D eigenvalue weighted by molar-refractivity contribution is 5.86. The van der Waals surface area contributed by atoms with Crippen LogP contribution in [0, 0.1) is 0 Å². The Balaban J connectivity index is 0. The summed E-state index contributed by atoms with van der Waals surface area (Å²) in [7, 11) is 6.46. The number of unbranched alkanes of at least 4 members (excludes halogenated alkanes) is 1. The van der Waals surface area contributed by atoms with E-state index in [0.717, 1.165) is 23.9 Å². The minimum Gasteiger partial charge on any atom is -1.00 e. The first-order chi connectivity index (χ1) is 6.33. The number of quaternary nitrogens is 1. The molecule has 0 fully saturated rings. The summed E-state index contributed by atoms with van der Waals surface area (Å²) in [6.45, 7) is 6.78. The Morgan fingerprint density at radius 3 is 2.20 bits per heavy atom. The van der Waals surface area contributed by atoms with Crippen LogP contribution in [-0.2, 0) is 9.53 Å². The van der Waals surface area contributed by atoms with E-state index < -0.39 is 0 Å². The van der Waals surface area contributed by atoms with Crippen LogP contribution in [0.3, 0.4) is 0 Å². The zero-order valence-corrected chi connectivity index (χ0v) is 12.3. The number of ether oxygens (including phenoxy) is 1. The number of hydrogen-bond acceptors (Lipinski definition) is 2. The lowest BCUT2D eigenvalue weighted by atomic mass is 10.3. The van der Waals surface area contributed by atoms with Crippen molar-refractivity contribution in [3.63, 3.8) is 0 Å². The van der Waals surface area contributed by atoms with Gasteiger partial charge in [0.1, 0.15) is 0 Å². The van der Waals surface area contributed by atoms with E-state index in [9.17, 15) is 4.79 Å². The fourth-order valence-corrected chi connectivity index (χ4v) is 0.976. The minimum absolute atomic E-state index is 0. The number of carbonyl (C=O) groups excluding carboxylic acids is 1. The van der Waals surface area contributed by atoms with Crippen molar-refractivity contribution in [1.29, 1.82) is 0 Å². The quantitative estimate of drug-likeness (QED) is 0.197. The number of hydrogen-bond donors (Lipinski definition) is 0. The topological polar surface area (TPSA) is 26.3 Å². The molecule has 0 aliphatic heterocycles. The summed E-state index contributed by atoms with van der Waals surface area (Å²) in [6.07, 6.45) is 2.00. The first kappa shape index (κ1) is 17.3. The largest absolute Gasteiger partial charge is 1.00 e. The average molecular weight is 327 g/mol. The highest BCUT2D eigenvalue weighted by Gasteiger charge is 2.06. The van der Waals surface area contributed by atoms with Crippen molar-refractivity contribution in [3.8, 4) is 0 Å². The van der Waals surface area contributed by atoms with Crippen LogP contribution >= 0.6 is 0 Å². The molecule has 0 radical (unpaired) electrons. The molecule has 0 aromatic heterocycles. The van der Waals surface area contributed by atoms with Gasteiger partial charge in [-0.3, -0.25) is 0 Å². The van der Waals surface area contributed by atoms with Gasteiger partial charge >= 0.3 is 5.97 Å². The van der Waals surface area contributed by atoms with Gasteiger partial charge in [0.05, 0.1) is 34.3 Å². The molecular weight excluding hydrogens is 305 g/mol. The SMILES string of the molecule is C=C(C)C(=O)OCCCC[N+](C)(C)C.[I-]. The van der Waals surface area contributed by atoms with Gasteiger partial charge in [0, 0.05) is 5.57 Å². The van der Waals surface area contributed by atoms with Gasteiger partial charge in [-0.2, -0.15) is 0 Å². The van der Waals surface area contributed by atoms with Gasteiger partial charge in [0.2, 0.25) is 0 Å². The van der Waals surface area contributed by atoms with E-state index in [-0.39, 0.29) is 29.9 Å². The molecule has 0 aliphatic carbocycles. The third-order valence-electron chi connectivity index (χ3n) is 1.80. The molecule has 0 saturated heterocycles. The van der Waals surface area contributed by atoms with E-state index in [4.69, 9.17) is 4.74 Å². The van der Waals surface area contributed by atoms with Gasteiger partial charge in [-0.25, -0.2) is 4.79 Å². The number of rotatable bonds is 6. The minimum atomic E-state index is -0.282. The van der Waals surface area contributed by atoms with E-state index in [2.05, 4.69) is 27.7 Å². The molecule has 0 spiro atoms. The molecule has 0 aliphatic rings. The second-order valence-corrected chi connectivity index (χ2v) is 4.64. The van der Waals surface area contributed by atoms with Crippen molar-refractivity contribution in [1.82, 2.24) is 0 Å². The molecule has 0 aromatic carbocycles. The Bertz CT molecular complexity index is 209. The number of esters is 1. The third kappa shape index (κ3) is 11.8. The van der Waals surface area contributed by atoms with Crippen molar-refractivity contribution in [2.75, 3.05) is 34.3 Å². The molecular formula is C11H22INO2. The number of nitrogens with zero attached hydrogens (tertiary/aromatic N) is 1. The molecule has 0 N–H and O–H groups in total. The van der Waals surface area contributed by atoms with Crippen LogP contribution in [0.25, 0.3) is 0 Å². The van der Waals surface area contributed by atoms with Gasteiger partial charge in [0.15, 0.2) is 0 Å². The van der Waals surface area contributed by atoms with Crippen LogP contribution in [0.15, 0.2) is 12.2 Å². The Morgan fingerprint density at radius 1 is 1.27 bits per heavy atom. The van der Waals surface area contributed by atoms with Crippen LogP contribution in [0.4, 0.5) is 0 Å². The molecule has 4 heteroatoms. The van der Waals surface area contributed by atoms with E-state index in [1.807, 2.05) is 0 Å². The molecule has 0 saturated carbocycles. The summed E-state index contributed by atoms with van der Waals surface area (Å²) < 4.78 is 5.93. The molecule has 0 rings (SSSR count). The zero-order chi connectivity index (χ0) is 11.2. The van der Waals surface area contributed by atoms with Gasteiger partial charge in [0.25, 0.3) is 0 Å². The van der Waals surface area contributed by atoms with E-state index >= 15 is 0 Å². The Kier molecular flexibility index (Phi) is 9.34. The molecule has 0 unspecified atom stereocenters. The molecule has 0 heterocycles. The predicted octanol–water partition coefficient (Wildman–Crippen LogP) is -1.40. The number of halogens is 1. The smallest absolute Gasteiger partial charge is 0.333 e. The average Bonchev–Trinajstić information content (AvgIpc) is 2.01. The first-order valence-corrected chi connectivity index (χ1v) is 4.96. The molecule has 3 nitrogen and oxygen atoms in total. The maximum Gasteiger partial charge on any atom is 0.333 e. The third-order valence-corrected chi connectivity index (χ3v) is 1.80. The monoisotopic (exact) mass is 327 g/mol. The summed E-state index contributed by atoms with van der Waals surface area (Å²) in [5.41, 5.74) is 0.469. The van der Waals surface area contributed by atoms with Crippen molar-refractivity contribution >= 4 is 5.97 Å². The second kappa shape index (κ2) is 8.10. The van der Waals surface area contributed by atoms with Crippen molar-refractivity contribution < 1.29 is 38.0 Å². The van der Waals surface area contributed by atoms with E-state index in [0.29, 0.717) is 12.2 Å². The highest BCUT2D eigenvalue weighted by atomic mass is 127. The van der Waals surface area contributed by atoms with Gasteiger partial charge in [-0.1, -0.05) is 6.58 Å². The van der Waals surface area contributed by atoms with Crippen LogP contribution in [0.5, 0.6) is 0 Å². The lowest BCUT2D eigenvalue weighted by molar-refractivity contribution is -0.870. The Labute approximate surface area is 110 Å². The van der Waals surface area contributed by atoms with Crippen LogP contribution in [-0.4, -0.2) is 44.7 Å². The maximum absolute atomic E-state index is 11.0. The Hall–Kier alpha value is -0.100. The normalized spacial score (nSPS) is 10.4. The summed E-state index contributed by atoms with van der Waals surface area (Å²) in [5.74, 6) is -0.282. The van der Waals surface area contributed by atoms with Gasteiger partial charge < -0.3 is 33.2 Å². The molecule has 0 amide bonds. The molecule has 0 aromatic rings. The lowest BCUT2D eigenvalue weighted by Crippen LogP contribution is -3.00. The van der Waals surface area contributed by atoms with Crippen molar-refractivity contribution in [2.45, 2.75) is 19.8 Å². The van der Waals surface area contributed by atoms with Gasteiger partial charge in [-0.05, 0) is 19.8 Å². The summed E-state index contributed by atoms with van der Waals surface area (Å²) in [6, 6.07) is 0. The molecule has 15 heavy (non-hydrogen) atoms. The second-order valence-electron chi connectivity index (χ2n) is 4.64. The number of carbonyl (C=O) groups is 1. The summed E-state index contributed by atoms with van der Waals surface area (Å²) >= 11 is 0. The van der Waals surface area contributed by atoms with Crippen LogP contribution < -0.4 is 24.0 Å². The van der Waals surface area contributed by atoms with Crippen LogP contribution in [0.1, 0.15) is 19.8 Å².